The molecule has 0 spiro atoms. The lowest BCUT2D eigenvalue weighted by molar-refractivity contribution is 0.0601. The van der Waals surface area contributed by atoms with Gasteiger partial charge in [0, 0.05) is 18.9 Å². The Labute approximate surface area is 115 Å². The normalized spacial score (nSPS) is 10.1. The summed E-state index contributed by atoms with van der Waals surface area (Å²) in [4.78, 5) is 21.4. The number of rotatable bonds is 3. The molecule has 1 aromatic heterocycles. The van der Waals surface area contributed by atoms with Gasteiger partial charge in [-0.2, -0.15) is 0 Å². The van der Waals surface area contributed by atoms with E-state index < -0.39 is 5.97 Å². The number of anilines is 2. The van der Waals surface area contributed by atoms with E-state index in [9.17, 15) is 4.79 Å². The van der Waals surface area contributed by atoms with Crippen molar-refractivity contribution in [2.45, 2.75) is 0 Å². The fraction of sp³-hybridized carbons (Fsp3) is 0.154. The van der Waals surface area contributed by atoms with Crippen molar-refractivity contribution in [2.24, 2.45) is 0 Å². The first kappa shape index (κ1) is 13.3. The zero-order chi connectivity index (χ0) is 13.8. The minimum Gasteiger partial charge on any atom is -0.465 e. The van der Waals surface area contributed by atoms with Gasteiger partial charge in [-0.25, -0.2) is 14.8 Å². The number of aromatic nitrogens is 2. The molecule has 2 rings (SSSR count). The maximum atomic E-state index is 11.6. The van der Waals surface area contributed by atoms with Crippen LogP contribution in [0.15, 0.2) is 36.8 Å². The highest BCUT2D eigenvalue weighted by Crippen LogP contribution is 2.26. The molecular formula is C13H12ClN3O2. The molecule has 1 heterocycles. The molecule has 6 heteroatoms. The smallest absolute Gasteiger partial charge is 0.339 e. The molecule has 0 N–H and O–H groups in total. The summed E-state index contributed by atoms with van der Waals surface area (Å²) < 4.78 is 4.69. The predicted octanol–water partition coefficient (Wildman–Crippen LogP) is 2.68. The number of carbonyl (C=O) groups excluding carboxylic acids is 1. The first-order valence-electron chi connectivity index (χ1n) is 5.51. The van der Waals surface area contributed by atoms with E-state index in [1.807, 2.05) is 11.9 Å². The fourth-order valence-corrected chi connectivity index (χ4v) is 1.80. The van der Waals surface area contributed by atoms with Crippen molar-refractivity contribution in [3.05, 3.63) is 47.4 Å². The van der Waals surface area contributed by atoms with Crippen LogP contribution in [0.4, 0.5) is 11.5 Å². The van der Waals surface area contributed by atoms with Gasteiger partial charge in [-0.05, 0) is 24.3 Å². The van der Waals surface area contributed by atoms with Gasteiger partial charge >= 0.3 is 5.97 Å². The molecule has 0 bridgehead atoms. The molecule has 0 fully saturated rings. The maximum absolute atomic E-state index is 11.6. The second kappa shape index (κ2) is 5.67. The fourth-order valence-electron chi connectivity index (χ4n) is 1.60. The summed E-state index contributed by atoms with van der Waals surface area (Å²) in [5.41, 5.74) is 1.10. The van der Waals surface area contributed by atoms with E-state index in [-0.39, 0.29) is 0 Å². The van der Waals surface area contributed by atoms with Crippen LogP contribution in [0.1, 0.15) is 10.4 Å². The van der Waals surface area contributed by atoms with Gasteiger partial charge in [-0.1, -0.05) is 11.6 Å². The number of benzene rings is 1. The first-order valence-corrected chi connectivity index (χ1v) is 5.89. The monoisotopic (exact) mass is 277 g/mol. The van der Waals surface area contributed by atoms with Crippen LogP contribution in [0, 0.1) is 0 Å². The van der Waals surface area contributed by atoms with Gasteiger partial charge in [0.15, 0.2) is 0 Å². The van der Waals surface area contributed by atoms with E-state index in [0.29, 0.717) is 16.4 Å². The molecule has 19 heavy (non-hydrogen) atoms. The van der Waals surface area contributed by atoms with Gasteiger partial charge in [-0.15, -0.1) is 0 Å². The van der Waals surface area contributed by atoms with Crippen LogP contribution < -0.4 is 4.90 Å². The van der Waals surface area contributed by atoms with E-state index in [1.165, 1.54) is 13.4 Å². The Hall–Kier alpha value is -2.14. The van der Waals surface area contributed by atoms with Crippen molar-refractivity contribution in [3.8, 4) is 0 Å². The van der Waals surface area contributed by atoms with Crippen molar-refractivity contribution in [1.29, 1.82) is 0 Å². The second-order valence-electron chi connectivity index (χ2n) is 3.78. The highest BCUT2D eigenvalue weighted by molar-refractivity contribution is 6.33. The standard InChI is InChI=1S/C13H12ClN3O2/c1-17(12-5-6-15-8-16-12)9-3-4-11(14)10(7-9)13(18)19-2/h3-8H,1-2H3. The summed E-state index contributed by atoms with van der Waals surface area (Å²) in [6.45, 7) is 0. The molecular weight excluding hydrogens is 266 g/mol. The highest BCUT2D eigenvalue weighted by atomic mass is 35.5. The Balaban J connectivity index is 2.38. The van der Waals surface area contributed by atoms with Crippen LogP contribution in [0.2, 0.25) is 5.02 Å². The van der Waals surface area contributed by atoms with Crippen molar-refractivity contribution < 1.29 is 9.53 Å². The largest absolute Gasteiger partial charge is 0.465 e. The molecule has 0 saturated carbocycles. The van der Waals surface area contributed by atoms with E-state index in [4.69, 9.17) is 16.3 Å². The topological polar surface area (TPSA) is 55.3 Å². The summed E-state index contributed by atoms with van der Waals surface area (Å²) in [5, 5.41) is 0.353. The molecule has 0 unspecified atom stereocenters. The number of halogens is 1. The zero-order valence-corrected chi connectivity index (χ0v) is 11.3. The zero-order valence-electron chi connectivity index (χ0n) is 10.5. The van der Waals surface area contributed by atoms with E-state index in [1.54, 1.807) is 30.5 Å². The summed E-state index contributed by atoms with van der Waals surface area (Å²) in [7, 11) is 3.16. The highest BCUT2D eigenvalue weighted by Gasteiger charge is 2.14. The van der Waals surface area contributed by atoms with Crippen LogP contribution in [0.25, 0.3) is 0 Å². The number of hydrogen-bond acceptors (Lipinski definition) is 5. The minimum absolute atomic E-state index is 0.322. The number of hydrogen-bond donors (Lipinski definition) is 0. The third-order valence-corrected chi connectivity index (χ3v) is 2.98. The number of methoxy groups -OCH3 is 1. The first-order chi connectivity index (χ1) is 9.13. The average Bonchev–Trinajstić information content (AvgIpc) is 2.47. The quantitative estimate of drug-likeness (QED) is 0.808. The number of carbonyl (C=O) groups is 1. The van der Waals surface area contributed by atoms with E-state index in [2.05, 4.69) is 9.97 Å². The lowest BCUT2D eigenvalue weighted by Crippen LogP contribution is -2.12. The lowest BCUT2D eigenvalue weighted by atomic mass is 10.2. The second-order valence-corrected chi connectivity index (χ2v) is 4.19. The Morgan fingerprint density at radius 2 is 2.16 bits per heavy atom. The van der Waals surface area contributed by atoms with Crippen molar-refractivity contribution in [3.63, 3.8) is 0 Å². The molecule has 0 aliphatic heterocycles. The molecule has 98 valence electrons. The molecule has 0 atom stereocenters. The van der Waals surface area contributed by atoms with Gasteiger partial charge in [0.2, 0.25) is 0 Å². The molecule has 2 aromatic rings. The predicted molar refractivity (Wildman–Crippen MR) is 72.9 cm³/mol. The maximum Gasteiger partial charge on any atom is 0.339 e. The van der Waals surface area contributed by atoms with Crippen molar-refractivity contribution >= 4 is 29.1 Å². The van der Waals surface area contributed by atoms with Crippen LogP contribution in [-0.2, 0) is 4.74 Å². The van der Waals surface area contributed by atoms with Gasteiger partial charge in [0.25, 0.3) is 0 Å². The van der Waals surface area contributed by atoms with Gasteiger partial charge in [0.1, 0.15) is 12.1 Å². The van der Waals surface area contributed by atoms with Crippen LogP contribution in [0.3, 0.4) is 0 Å². The Kier molecular flexibility index (Phi) is 3.97. The third kappa shape index (κ3) is 2.82. The molecule has 1 aromatic carbocycles. The van der Waals surface area contributed by atoms with E-state index >= 15 is 0 Å². The Morgan fingerprint density at radius 3 is 2.79 bits per heavy atom. The summed E-state index contributed by atoms with van der Waals surface area (Å²) in [5.74, 6) is 0.246. The lowest BCUT2D eigenvalue weighted by Gasteiger charge is -2.18. The van der Waals surface area contributed by atoms with Crippen LogP contribution in [0.5, 0.6) is 0 Å². The Morgan fingerprint density at radius 1 is 1.37 bits per heavy atom. The third-order valence-electron chi connectivity index (χ3n) is 2.65. The molecule has 0 aliphatic rings. The molecule has 0 saturated heterocycles. The SMILES string of the molecule is COC(=O)c1cc(N(C)c2ccncn2)ccc1Cl. The summed E-state index contributed by atoms with van der Waals surface area (Å²) in [6.07, 6.45) is 3.11. The summed E-state index contributed by atoms with van der Waals surface area (Å²) >= 11 is 5.98. The number of esters is 1. The Bertz CT molecular complexity index is 590. The number of ether oxygens (including phenoxy) is 1. The summed E-state index contributed by atoms with van der Waals surface area (Å²) in [6, 6.07) is 6.89. The van der Waals surface area contributed by atoms with Gasteiger partial charge in [-0.3, -0.25) is 0 Å². The van der Waals surface area contributed by atoms with E-state index in [0.717, 1.165) is 5.69 Å². The van der Waals surface area contributed by atoms with Gasteiger partial charge < -0.3 is 9.64 Å². The molecule has 0 radical (unpaired) electrons. The average molecular weight is 278 g/mol. The molecule has 0 aliphatic carbocycles. The minimum atomic E-state index is -0.470. The molecule has 0 amide bonds. The van der Waals surface area contributed by atoms with Crippen molar-refractivity contribution in [2.75, 3.05) is 19.1 Å². The number of nitrogens with zero attached hydrogens (tertiary/aromatic N) is 3. The molecule has 5 nitrogen and oxygen atoms in total. The van der Waals surface area contributed by atoms with Crippen LogP contribution in [-0.4, -0.2) is 30.1 Å². The van der Waals surface area contributed by atoms with Crippen LogP contribution >= 0.6 is 11.6 Å². The van der Waals surface area contributed by atoms with Gasteiger partial charge in [0.05, 0.1) is 17.7 Å². The van der Waals surface area contributed by atoms with Crippen molar-refractivity contribution in [1.82, 2.24) is 9.97 Å².